The van der Waals surface area contributed by atoms with E-state index in [1.54, 1.807) is 19.0 Å². The van der Waals surface area contributed by atoms with Gasteiger partial charge in [-0.15, -0.1) is 0 Å². The first-order valence-corrected chi connectivity index (χ1v) is 8.46. The van der Waals surface area contributed by atoms with Crippen molar-refractivity contribution in [2.75, 3.05) is 47.4 Å². The number of hydrogen-bond acceptors (Lipinski definition) is 5. The average molecular weight is 397 g/mol. The summed E-state index contributed by atoms with van der Waals surface area (Å²) in [5, 5.41) is 7.12. The Kier molecular flexibility index (Phi) is 7.61. The van der Waals surface area contributed by atoms with Gasteiger partial charge in [-0.2, -0.15) is 13.2 Å². The summed E-state index contributed by atoms with van der Waals surface area (Å²) in [4.78, 5) is 38.2. The van der Waals surface area contributed by atoms with Crippen molar-refractivity contribution >= 4 is 17.8 Å². The molecule has 0 aromatic carbocycles. The number of halogens is 3. The van der Waals surface area contributed by atoms with Crippen LogP contribution in [-0.2, 0) is 19.1 Å². The lowest BCUT2D eigenvalue weighted by atomic mass is 9.90. The van der Waals surface area contributed by atoms with Gasteiger partial charge in [-0.05, 0) is 13.5 Å². The van der Waals surface area contributed by atoms with Crippen LogP contribution < -0.4 is 0 Å². The first-order chi connectivity index (χ1) is 12.3. The highest BCUT2D eigenvalue weighted by atomic mass is 19.4. The molecule has 8 nitrogen and oxygen atoms in total. The minimum Gasteiger partial charge on any atom is -0.475 e. The Morgan fingerprint density at radius 2 is 1.74 bits per heavy atom. The highest BCUT2D eigenvalue weighted by molar-refractivity contribution is 5.81. The largest absolute Gasteiger partial charge is 0.490 e. The van der Waals surface area contributed by atoms with Crippen molar-refractivity contribution in [1.82, 2.24) is 14.7 Å². The van der Waals surface area contributed by atoms with Crippen LogP contribution in [0.2, 0.25) is 0 Å². The minimum absolute atomic E-state index is 0.0700. The van der Waals surface area contributed by atoms with E-state index in [4.69, 9.17) is 14.6 Å². The van der Waals surface area contributed by atoms with Crippen LogP contribution in [0.15, 0.2) is 0 Å². The number of nitrogens with zero attached hydrogens (tertiary/aromatic N) is 3. The van der Waals surface area contributed by atoms with E-state index in [0.29, 0.717) is 32.7 Å². The molecule has 2 aliphatic rings. The number of aliphatic carboxylic acids is 1. The number of carbonyl (C=O) groups excluding carboxylic acids is 2. The first kappa shape index (κ1) is 23.2. The summed E-state index contributed by atoms with van der Waals surface area (Å²) in [6, 6.07) is -0.212. The first-order valence-electron chi connectivity index (χ1n) is 8.46. The summed E-state index contributed by atoms with van der Waals surface area (Å²) in [5.41, 5.74) is -0.263. The number of likely N-dealkylation sites (N-methyl/N-ethyl adjacent to an activating group) is 2. The van der Waals surface area contributed by atoms with Gasteiger partial charge in [-0.25, -0.2) is 4.79 Å². The molecule has 2 heterocycles. The van der Waals surface area contributed by atoms with Crippen molar-refractivity contribution in [2.24, 2.45) is 0 Å². The van der Waals surface area contributed by atoms with Gasteiger partial charge in [0.15, 0.2) is 0 Å². The molecule has 1 atom stereocenters. The van der Waals surface area contributed by atoms with E-state index >= 15 is 0 Å². The smallest absolute Gasteiger partial charge is 0.475 e. The van der Waals surface area contributed by atoms with Crippen molar-refractivity contribution in [3.63, 3.8) is 0 Å². The van der Waals surface area contributed by atoms with Gasteiger partial charge in [-0.3, -0.25) is 14.5 Å². The molecule has 2 saturated heterocycles. The van der Waals surface area contributed by atoms with Gasteiger partial charge in [0, 0.05) is 27.1 Å². The third-order valence-corrected chi connectivity index (χ3v) is 4.36. The number of amides is 2. The van der Waals surface area contributed by atoms with Crippen LogP contribution >= 0.6 is 0 Å². The second kappa shape index (κ2) is 8.87. The van der Waals surface area contributed by atoms with Crippen LogP contribution in [0.4, 0.5) is 13.2 Å². The summed E-state index contributed by atoms with van der Waals surface area (Å²) >= 11 is 0. The van der Waals surface area contributed by atoms with E-state index in [2.05, 4.69) is 0 Å². The number of morpholine rings is 1. The number of carbonyl (C=O) groups is 3. The normalized spacial score (nSPS) is 21.7. The van der Waals surface area contributed by atoms with E-state index < -0.39 is 12.1 Å². The van der Waals surface area contributed by atoms with Crippen molar-refractivity contribution in [3.8, 4) is 0 Å². The summed E-state index contributed by atoms with van der Waals surface area (Å²) in [5.74, 6) is -2.48. The van der Waals surface area contributed by atoms with Crippen molar-refractivity contribution < 1.29 is 37.4 Å². The molecule has 2 aliphatic heterocycles. The molecule has 0 radical (unpaired) electrons. The zero-order valence-corrected chi connectivity index (χ0v) is 15.9. The number of likely N-dealkylation sites (tertiary alicyclic amines) is 1. The molecule has 0 bridgehead atoms. The maximum Gasteiger partial charge on any atom is 0.490 e. The second-order valence-corrected chi connectivity index (χ2v) is 6.96. The molecule has 0 saturated carbocycles. The van der Waals surface area contributed by atoms with Gasteiger partial charge in [0.25, 0.3) is 0 Å². The number of carboxylic acid groups (broad SMARTS) is 1. The Bertz CT molecular complexity index is 562. The maximum atomic E-state index is 12.0. The van der Waals surface area contributed by atoms with Crippen LogP contribution in [-0.4, -0.2) is 103 Å². The molecule has 11 heteroatoms. The van der Waals surface area contributed by atoms with Gasteiger partial charge in [0.1, 0.15) is 11.6 Å². The van der Waals surface area contributed by atoms with E-state index in [9.17, 15) is 22.8 Å². The number of alkyl halides is 3. The molecule has 1 unspecified atom stereocenters. The lowest BCUT2D eigenvalue weighted by molar-refractivity contribution is -0.202. The highest BCUT2D eigenvalue weighted by Gasteiger charge is 2.51. The molecule has 1 N–H and O–H groups in total. The Morgan fingerprint density at radius 3 is 2.11 bits per heavy atom. The van der Waals surface area contributed by atoms with Crippen LogP contribution in [0.1, 0.15) is 19.8 Å². The van der Waals surface area contributed by atoms with E-state index in [1.165, 1.54) is 0 Å². The molecule has 2 amide bonds. The summed E-state index contributed by atoms with van der Waals surface area (Å²) < 4.78 is 37.7. The average Bonchev–Trinajstić information content (AvgIpc) is 2.51. The van der Waals surface area contributed by atoms with Gasteiger partial charge in [0.05, 0.1) is 19.7 Å². The molecule has 0 aliphatic carbocycles. The van der Waals surface area contributed by atoms with Crippen LogP contribution in [0, 0.1) is 0 Å². The zero-order valence-electron chi connectivity index (χ0n) is 15.9. The molecule has 156 valence electrons. The van der Waals surface area contributed by atoms with Gasteiger partial charge in [0.2, 0.25) is 11.8 Å². The summed E-state index contributed by atoms with van der Waals surface area (Å²) in [6.45, 7) is 4.42. The van der Waals surface area contributed by atoms with Gasteiger partial charge >= 0.3 is 12.1 Å². The number of carboxylic acids is 1. The Balaban J connectivity index is 0.000000445. The topological polar surface area (TPSA) is 90.4 Å². The standard InChI is InChI=1S/C14H25N3O3.C2HF3O2/c1-5-6-12(18)17-9-14(10-17)8-16(4)11(7-20-14)13(19)15(2)3;3-2(4,5)1(6)7/h11H,5-10H2,1-4H3;(H,6,7). The SMILES string of the molecule is CCCC(=O)N1CC2(C1)CN(C)C(C(=O)N(C)C)CO2.O=C(O)C(F)(F)F. The van der Waals surface area contributed by atoms with Gasteiger partial charge in [-0.1, -0.05) is 6.92 Å². The van der Waals surface area contributed by atoms with Crippen molar-refractivity contribution in [1.29, 1.82) is 0 Å². The summed E-state index contributed by atoms with van der Waals surface area (Å²) in [6.07, 6.45) is -3.60. The van der Waals surface area contributed by atoms with E-state index in [0.717, 1.165) is 6.42 Å². The fourth-order valence-corrected chi connectivity index (χ4v) is 2.94. The zero-order chi connectivity index (χ0) is 21.0. The number of rotatable bonds is 3. The van der Waals surface area contributed by atoms with E-state index in [-0.39, 0.29) is 23.5 Å². The Labute approximate surface area is 155 Å². The quantitative estimate of drug-likeness (QED) is 0.742. The molecular formula is C16H26F3N3O5. The molecule has 2 fully saturated rings. The Hall–Kier alpha value is -1.88. The molecule has 0 aromatic rings. The lowest BCUT2D eigenvalue weighted by Gasteiger charge is -2.55. The molecule has 27 heavy (non-hydrogen) atoms. The van der Waals surface area contributed by atoms with Crippen LogP contribution in [0.3, 0.4) is 0 Å². The Morgan fingerprint density at radius 1 is 1.22 bits per heavy atom. The summed E-state index contributed by atoms with van der Waals surface area (Å²) in [7, 11) is 5.47. The molecule has 0 aromatic heterocycles. The predicted molar refractivity (Wildman–Crippen MR) is 89.0 cm³/mol. The molecule has 1 spiro atoms. The fourth-order valence-electron chi connectivity index (χ4n) is 2.94. The second-order valence-electron chi connectivity index (χ2n) is 6.96. The number of hydrogen-bond donors (Lipinski definition) is 1. The van der Waals surface area contributed by atoms with Crippen LogP contribution in [0.25, 0.3) is 0 Å². The third kappa shape index (κ3) is 6.06. The third-order valence-electron chi connectivity index (χ3n) is 4.36. The fraction of sp³-hybridized carbons (Fsp3) is 0.812. The maximum absolute atomic E-state index is 12.0. The molecule has 2 rings (SSSR count). The van der Waals surface area contributed by atoms with Crippen molar-refractivity contribution in [3.05, 3.63) is 0 Å². The van der Waals surface area contributed by atoms with E-state index in [1.807, 2.05) is 23.8 Å². The minimum atomic E-state index is -5.08. The predicted octanol–water partition coefficient (Wildman–Crippen LogP) is 0.420. The van der Waals surface area contributed by atoms with Gasteiger partial charge < -0.3 is 19.6 Å². The van der Waals surface area contributed by atoms with Crippen LogP contribution in [0.5, 0.6) is 0 Å². The molecular weight excluding hydrogens is 371 g/mol. The monoisotopic (exact) mass is 397 g/mol. The lowest BCUT2D eigenvalue weighted by Crippen LogP contribution is -2.73. The number of ether oxygens (including phenoxy) is 1. The van der Waals surface area contributed by atoms with Crippen molar-refractivity contribution in [2.45, 2.75) is 37.6 Å². The highest BCUT2D eigenvalue weighted by Crippen LogP contribution is 2.31.